The number of carbonyl (C=O) groups is 1. The SMILES string of the molecule is CN(CC(=O)c1ccc(F)cc1)C1CC1. The molecule has 0 aliphatic heterocycles. The van der Waals surface area contributed by atoms with Crippen LogP contribution < -0.4 is 0 Å². The van der Waals surface area contributed by atoms with Crippen LogP contribution in [0.15, 0.2) is 24.3 Å². The van der Waals surface area contributed by atoms with Crippen molar-refractivity contribution in [1.82, 2.24) is 4.90 Å². The first-order valence-electron chi connectivity index (χ1n) is 5.16. The summed E-state index contributed by atoms with van der Waals surface area (Å²) in [6, 6.07) is 6.31. The van der Waals surface area contributed by atoms with E-state index in [9.17, 15) is 9.18 Å². The van der Waals surface area contributed by atoms with Crippen molar-refractivity contribution in [3.63, 3.8) is 0 Å². The fourth-order valence-corrected chi connectivity index (χ4v) is 1.60. The van der Waals surface area contributed by atoms with Crippen molar-refractivity contribution in [2.75, 3.05) is 13.6 Å². The van der Waals surface area contributed by atoms with Gasteiger partial charge in [0, 0.05) is 11.6 Å². The molecule has 1 aromatic rings. The second kappa shape index (κ2) is 4.11. The third-order valence-electron chi connectivity index (χ3n) is 2.73. The van der Waals surface area contributed by atoms with Gasteiger partial charge in [-0.05, 0) is 44.2 Å². The first-order chi connectivity index (χ1) is 7.16. The summed E-state index contributed by atoms with van der Waals surface area (Å²) in [7, 11) is 1.96. The van der Waals surface area contributed by atoms with Gasteiger partial charge in [-0.15, -0.1) is 0 Å². The smallest absolute Gasteiger partial charge is 0.176 e. The number of ketones is 1. The van der Waals surface area contributed by atoms with Gasteiger partial charge >= 0.3 is 0 Å². The molecule has 0 N–H and O–H groups in total. The topological polar surface area (TPSA) is 20.3 Å². The zero-order valence-electron chi connectivity index (χ0n) is 8.74. The molecule has 1 fully saturated rings. The van der Waals surface area contributed by atoms with Crippen LogP contribution in [-0.4, -0.2) is 30.3 Å². The zero-order chi connectivity index (χ0) is 10.8. The van der Waals surface area contributed by atoms with E-state index < -0.39 is 0 Å². The predicted octanol–water partition coefficient (Wildman–Crippen LogP) is 2.10. The molecule has 0 spiro atoms. The van der Waals surface area contributed by atoms with Gasteiger partial charge in [0.25, 0.3) is 0 Å². The monoisotopic (exact) mass is 207 g/mol. The number of carbonyl (C=O) groups excluding carboxylic acids is 1. The van der Waals surface area contributed by atoms with Crippen molar-refractivity contribution in [2.24, 2.45) is 0 Å². The molecule has 0 saturated heterocycles. The Balaban J connectivity index is 1.97. The molecule has 80 valence electrons. The summed E-state index contributed by atoms with van der Waals surface area (Å²) in [5.74, 6) is -0.244. The van der Waals surface area contributed by atoms with Gasteiger partial charge in [-0.3, -0.25) is 9.69 Å². The van der Waals surface area contributed by atoms with Crippen molar-refractivity contribution >= 4 is 5.78 Å². The number of hydrogen-bond donors (Lipinski definition) is 0. The molecule has 0 amide bonds. The van der Waals surface area contributed by atoms with E-state index in [-0.39, 0.29) is 11.6 Å². The summed E-state index contributed by atoms with van der Waals surface area (Å²) in [4.78, 5) is 13.8. The minimum Gasteiger partial charge on any atom is -0.296 e. The predicted molar refractivity (Wildman–Crippen MR) is 56.4 cm³/mol. The van der Waals surface area contributed by atoms with Gasteiger partial charge in [0.1, 0.15) is 5.82 Å². The quantitative estimate of drug-likeness (QED) is 0.705. The van der Waals surface area contributed by atoms with Crippen molar-refractivity contribution < 1.29 is 9.18 Å². The van der Waals surface area contributed by atoms with Crippen molar-refractivity contribution in [3.05, 3.63) is 35.6 Å². The lowest BCUT2D eigenvalue weighted by molar-refractivity contribution is 0.0942. The summed E-state index contributed by atoms with van der Waals surface area (Å²) in [6.45, 7) is 0.427. The van der Waals surface area contributed by atoms with Crippen LogP contribution in [0.25, 0.3) is 0 Å². The lowest BCUT2D eigenvalue weighted by Gasteiger charge is -2.14. The van der Waals surface area contributed by atoms with Crippen LogP contribution in [-0.2, 0) is 0 Å². The standard InChI is InChI=1S/C12H14FNO/c1-14(11-6-7-11)8-12(15)9-2-4-10(13)5-3-9/h2-5,11H,6-8H2,1H3. The molecule has 15 heavy (non-hydrogen) atoms. The number of nitrogens with zero attached hydrogens (tertiary/aromatic N) is 1. The normalized spacial score (nSPS) is 15.7. The second-order valence-corrected chi connectivity index (χ2v) is 4.08. The highest BCUT2D eigenvalue weighted by Crippen LogP contribution is 2.25. The second-order valence-electron chi connectivity index (χ2n) is 4.08. The molecule has 0 unspecified atom stereocenters. The van der Waals surface area contributed by atoms with E-state index in [1.54, 1.807) is 12.1 Å². The Morgan fingerprint density at radius 1 is 1.40 bits per heavy atom. The van der Waals surface area contributed by atoms with Gasteiger partial charge in [-0.1, -0.05) is 0 Å². The van der Waals surface area contributed by atoms with Crippen LogP contribution in [0.4, 0.5) is 4.39 Å². The van der Waals surface area contributed by atoms with E-state index in [2.05, 4.69) is 4.90 Å². The summed E-state index contributed by atoms with van der Waals surface area (Å²) in [5.41, 5.74) is 0.587. The number of likely N-dealkylation sites (N-methyl/N-ethyl adjacent to an activating group) is 1. The van der Waals surface area contributed by atoms with Gasteiger partial charge < -0.3 is 0 Å². The molecule has 1 aliphatic rings. The number of hydrogen-bond acceptors (Lipinski definition) is 2. The Kier molecular flexibility index (Phi) is 2.82. The first kappa shape index (κ1) is 10.3. The molecule has 0 atom stereocenters. The average Bonchev–Trinajstić information content (AvgIpc) is 3.01. The Morgan fingerprint density at radius 2 is 2.00 bits per heavy atom. The van der Waals surface area contributed by atoms with E-state index >= 15 is 0 Å². The summed E-state index contributed by atoms with van der Waals surface area (Å²) < 4.78 is 12.6. The molecule has 0 radical (unpaired) electrons. The molecule has 0 bridgehead atoms. The largest absolute Gasteiger partial charge is 0.296 e. The summed E-state index contributed by atoms with van der Waals surface area (Å²) in [5, 5.41) is 0. The van der Waals surface area contributed by atoms with E-state index in [0.29, 0.717) is 18.2 Å². The number of rotatable bonds is 4. The van der Waals surface area contributed by atoms with E-state index in [0.717, 1.165) is 0 Å². The van der Waals surface area contributed by atoms with Gasteiger partial charge in [-0.2, -0.15) is 0 Å². The van der Waals surface area contributed by atoms with Crippen molar-refractivity contribution in [1.29, 1.82) is 0 Å². The van der Waals surface area contributed by atoms with Crippen LogP contribution in [0.1, 0.15) is 23.2 Å². The number of Topliss-reactive ketones (excluding diaryl/α,β-unsaturated/α-hetero) is 1. The third-order valence-corrected chi connectivity index (χ3v) is 2.73. The highest BCUT2D eigenvalue weighted by molar-refractivity contribution is 5.97. The third kappa shape index (κ3) is 2.63. The minimum absolute atomic E-state index is 0.0596. The zero-order valence-corrected chi connectivity index (χ0v) is 8.74. The minimum atomic E-state index is -0.304. The number of benzene rings is 1. The molecular formula is C12H14FNO. The fraction of sp³-hybridized carbons (Fsp3) is 0.417. The van der Waals surface area contributed by atoms with E-state index in [4.69, 9.17) is 0 Å². The van der Waals surface area contributed by atoms with Gasteiger partial charge in [0.05, 0.1) is 6.54 Å². The van der Waals surface area contributed by atoms with Crippen LogP contribution in [0.3, 0.4) is 0 Å². The Labute approximate surface area is 88.7 Å². The maximum absolute atomic E-state index is 12.6. The molecule has 0 heterocycles. The maximum atomic E-state index is 12.6. The van der Waals surface area contributed by atoms with Crippen molar-refractivity contribution in [3.8, 4) is 0 Å². The van der Waals surface area contributed by atoms with Gasteiger partial charge in [-0.25, -0.2) is 4.39 Å². The molecule has 0 aromatic heterocycles. The summed E-state index contributed by atoms with van der Waals surface area (Å²) in [6.07, 6.45) is 2.38. The van der Waals surface area contributed by atoms with Crippen LogP contribution >= 0.6 is 0 Å². The fourth-order valence-electron chi connectivity index (χ4n) is 1.60. The van der Waals surface area contributed by atoms with Crippen molar-refractivity contribution in [2.45, 2.75) is 18.9 Å². The first-order valence-corrected chi connectivity index (χ1v) is 5.16. The van der Waals surface area contributed by atoms with Crippen LogP contribution in [0, 0.1) is 5.82 Å². The van der Waals surface area contributed by atoms with E-state index in [1.807, 2.05) is 7.05 Å². The van der Waals surface area contributed by atoms with Crippen LogP contribution in [0.2, 0.25) is 0 Å². The molecule has 2 rings (SSSR count). The van der Waals surface area contributed by atoms with Crippen LogP contribution in [0.5, 0.6) is 0 Å². The molecular weight excluding hydrogens is 193 g/mol. The molecule has 1 aliphatic carbocycles. The highest BCUT2D eigenvalue weighted by Gasteiger charge is 2.27. The molecule has 1 aromatic carbocycles. The molecule has 1 saturated carbocycles. The van der Waals surface area contributed by atoms with Gasteiger partial charge in [0.2, 0.25) is 0 Å². The lowest BCUT2D eigenvalue weighted by atomic mass is 10.1. The number of halogens is 1. The molecule has 3 heteroatoms. The Hall–Kier alpha value is -1.22. The Morgan fingerprint density at radius 3 is 2.53 bits per heavy atom. The van der Waals surface area contributed by atoms with E-state index in [1.165, 1.54) is 25.0 Å². The highest BCUT2D eigenvalue weighted by atomic mass is 19.1. The average molecular weight is 207 g/mol. The Bertz CT molecular complexity index is 356. The molecule has 2 nitrogen and oxygen atoms in total. The maximum Gasteiger partial charge on any atom is 0.176 e. The summed E-state index contributed by atoms with van der Waals surface area (Å²) >= 11 is 0. The lowest BCUT2D eigenvalue weighted by Crippen LogP contribution is -2.27. The van der Waals surface area contributed by atoms with Gasteiger partial charge in [0.15, 0.2) is 5.78 Å².